The maximum absolute atomic E-state index is 10.7. The fourth-order valence-electron chi connectivity index (χ4n) is 1.44. The molecular formula is C9H10N2O3Si. The first-order valence-corrected chi connectivity index (χ1v) is 5.23. The van der Waals surface area contributed by atoms with Crippen LogP contribution in [0, 0.1) is 0 Å². The summed E-state index contributed by atoms with van der Waals surface area (Å²) in [6.45, 7) is 0.479. The van der Waals surface area contributed by atoms with Crippen LogP contribution in [0.3, 0.4) is 0 Å². The van der Waals surface area contributed by atoms with Crippen molar-refractivity contribution in [1.29, 1.82) is 0 Å². The van der Waals surface area contributed by atoms with E-state index in [4.69, 9.17) is 9.53 Å². The molecule has 0 spiro atoms. The molecule has 0 fully saturated rings. The van der Waals surface area contributed by atoms with E-state index >= 15 is 0 Å². The Kier molecular flexibility index (Phi) is 2.52. The number of fused-ring (bicyclic) bond motifs is 1. The van der Waals surface area contributed by atoms with Crippen molar-refractivity contribution < 1.29 is 14.3 Å². The minimum atomic E-state index is -1.02. The van der Waals surface area contributed by atoms with Crippen LogP contribution in [0.5, 0.6) is 0 Å². The highest BCUT2D eigenvalue weighted by molar-refractivity contribution is 5.98. The SMILES string of the molecule is O=C(O)c1cn2cccc(CO[SiH3])c2n1. The smallest absolute Gasteiger partial charge is 0.356 e. The summed E-state index contributed by atoms with van der Waals surface area (Å²) < 4.78 is 6.84. The minimum Gasteiger partial charge on any atom is -0.476 e. The maximum Gasteiger partial charge on any atom is 0.356 e. The largest absolute Gasteiger partial charge is 0.476 e. The summed E-state index contributed by atoms with van der Waals surface area (Å²) in [6, 6.07) is 3.72. The second-order valence-electron chi connectivity index (χ2n) is 3.13. The van der Waals surface area contributed by atoms with E-state index in [0.29, 0.717) is 22.7 Å². The van der Waals surface area contributed by atoms with E-state index in [-0.39, 0.29) is 5.69 Å². The average molecular weight is 222 g/mol. The molecule has 6 heteroatoms. The molecule has 0 radical (unpaired) electrons. The highest BCUT2D eigenvalue weighted by Crippen LogP contribution is 2.11. The molecule has 0 saturated heterocycles. The van der Waals surface area contributed by atoms with Crippen molar-refractivity contribution in [3.8, 4) is 0 Å². The molecule has 1 N–H and O–H groups in total. The summed E-state index contributed by atoms with van der Waals surface area (Å²) in [5.41, 5.74) is 1.60. The van der Waals surface area contributed by atoms with Gasteiger partial charge >= 0.3 is 5.97 Å². The zero-order chi connectivity index (χ0) is 10.8. The number of rotatable bonds is 3. The summed E-state index contributed by atoms with van der Waals surface area (Å²) in [5, 5.41) is 8.81. The Labute approximate surface area is 88.9 Å². The first-order chi connectivity index (χ1) is 7.22. The molecule has 0 amide bonds. The van der Waals surface area contributed by atoms with E-state index in [1.165, 1.54) is 6.20 Å². The Balaban J connectivity index is 2.59. The first-order valence-electron chi connectivity index (χ1n) is 4.41. The fourth-order valence-corrected chi connectivity index (χ4v) is 1.75. The van der Waals surface area contributed by atoms with E-state index in [0.717, 1.165) is 5.56 Å². The third-order valence-electron chi connectivity index (χ3n) is 2.08. The van der Waals surface area contributed by atoms with E-state index in [2.05, 4.69) is 4.98 Å². The lowest BCUT2D eigenvalue weighted by Crippen LogP contribution is -1.96. The number of carbonyl (C=O) groups is 1. The van der Waals surface area contributed by atoms with Gasteiger partial charge in [-0.15, -0.1) is 0 Å². The molecule has 0 atom stereocenters. The van der Waals surface area contributed by atoms with Gasteiger partial charge in [0.25, 0.3) is 0 Å². The van der Waals surface area contributed by atoms with Crippen molar-refractivity contribution in [1.82, 2.24) is 9.38 Å². The number of imidazole rings is 1. The molecule has 78 valence electrons. The van der Waals surface area contributed by atoms with Crippen molar-refractivity contribution in [3.05, 3.63) is 35.8 Å². The molecule has 0 bridgehead atoms. The highest BCUT2D eigenvalue weighted by atomic mass is 28.2. The standard InChI is InChI=1S/C9H10N2O3Si/c12-9(13)7-4-11-3-1-2-6(5-14-15)8(11)10-7/h1-4H,5H2,15H3,(H,12,13). The lowest BCUT2D eigenvalue weighted by Gasteiger charge is -2.01. The van der Waals surface area contributed by atoms with Gasteiger partial charge in [0.05, 0.1) is 6.61 Å². The van der Waals surface area contributed by atoms with Gasteiger partial charge in [0.1, 0.15) is 16.1 Å². The number of carboxylic acids is 1. The van der Waals surface area contributed by atoms with Gasteiger partial charge in [0.2, 0.25) is 0 Å². The highest BCUT2D eigenvalue weighted by Gasteiger charge is 2.10. The topological polar surface area (TPSA) is 63.8 Å². The number of carboxylic acid groups (broad SMARTS) is 1. The first kappa shape index (κ1) is 9.88. The van der Waals surface area contributed by atoms with E-state index in [1.54, 1.807) is 10.6 Å². The molecule has 2 rings (SSSR count). The van der Waals surface area contributed by atoms with Crippen LogP contribution in [0.1, 0.15) is 16.1 Å². The zero-order valence-electron chi connectivity index (χ0n) is 8.17. The third-order valence-corrected chi connectivity index (χ3v) is 2.37. The van der Waals surface area contributed by atoms with Crippen LogP contribution in [0.2, 0.25) is 0 Å². The Morgan fingerprint density at radius 1 is 1.67 bits per heavy atom. The van der Waals surface area contributed by atoms with Crippen molar-refractivity contribution in [3.63, 3.8) is 0 Å². The molecule has 2 aromatic heterocycles. The Morgan fingerprint density at radius 3 is 3.13 bits per heavy atom. The fraction of sp³-hybridized carbons (Fsp3) is 0.111. The Morgan fingerprint density at radius 2 is 2.47 bits per heavy atom. The van der Waals surface area contributed by atoms with Gasteiger partial charge in [-0.05, 0) is 6.07 Å². The number of aromatic carboxylic acids is 1. The van der Waals surface area contributed by atoms with Crippen molar-refractivity contribution in [2.45, 2.75) is 6.61 Å². The van der Waals surface area contributed by atoms with Crippen LogP contribution in [-0.4, -0.2) is 30.9 Å². The van der Waals surface area contributed by atoms with Crippen molar-refractivity contribution >= 4 is 22.1 Å². The monoisotopic (exact) mass is 222 g/mol. The Bertz CT molecular complexity index is 509. The van der Waals surface area contributed by atoms with Crippen molar-refractivity contribution in [2.24, 2.45) is 0 Å². The van der Waals surface area contributed by atoms with Crippen LogP contribution in [0.4, 0.5) is 0 Å². The predicted octanol–water partition coefficient (Wildman–Crippen LogP) is -0.171. The maximum atomic E-state index is 10.7. The van der Waals surface area contributed by atoms with Gasteiger partial charge in [-0.2, -0.15) is 0 Å². The molecule has 0 aliphatic rings. The number of pyridine rings is 1. The molecule has 0 aromatic carbocycles. The number of hydrogen-bond acceptors (Lipinski definition) is 3. The predicted molar refractivity (Wildman–Crippen MR) is 56.9 cm³/mol. The number of hydrogen-bond donors (Lipinski definition) is 1. The lowest BCUT2D eigenvalue weighted by molar-refractivity contribution is 0.0691. The van der Waals surface area contributed by atoms with Crippen molar-refractivity contribution in [2.75, 3.05) is 0 Å². The molecule has 15 heavy (non-hydrogen) atoms. The number of nitrogens with zero attached hydrogens (tertiary/aromatic N) is 2. The molecule has 0 unspecified atom stereocenters. The third kappa shape index (κ3) is 1.76. The van der Waals surface area contributed by atoms with Crippen LogP contribution in [-0.2, 0) is 11.0 Å². The summed E-state index contributed by atoms with van der Waals surface area (Å²) in [6.07, 6.45) is 3.26. The second-order valence-corrected chi connectivity index (χ2v) is 3.71. The van der Waals surface area contributed by atoms with E-state index in [1.807, 2.05) is 12.1 Å². The molecule has 0 saturated carbocycles. The molecule has 0 aliphatic heterocycles. The summed E-state index contributed by atoms with van der Waals surface area (Å²) in [4.78, 5) is 14.8. The van der Waals surface area contributed by atoms with Crippen LogP contribution in [0.15, 0.2) is 24.5 Å². The summed E-state index contributed by atoms with van der Waals surface area (Å²) in [7, 11) is 0.650. The van der Waals surface area contributed by atoms with Gasteiger partial charge in [0, 0.05) is 18.0 Å². The summed E-state index contributed by atoms with van der Waals surface area (Å²) in [5.74, 6) is -1.02. The molecule has 2 aromatic rings. The van der Waals surface area contributed by atoms with Crippen LogP contribution < -0.4 is 0 Å². The molecule has 0 aliphatic carbocycles. The van der Waals surface area contributed by atoms with E-state index in [9.17, 15) is 4.79 Å². The quantitative estimate of drug-likeness (QED) is 0.732. The molecule has 5 nitrogen and oxygen atoms in total. The normalized spacial score (nSPS) is 10.9. The average Bonchev–Trinajstić information content (AvgIpc) is 2.63. The van der Waals surface area contributed by atoms with Crippen LogP contribution in [0.25, 0.3) is 5.65 Å². The lowest BCUT2D eigenvalue weighted by atomic mass is 10.3. The van der Waals surface area contributed by atoms with Gasteiger partial charge in [-0.3, -0.25) is 0 Å². The van der Waals surface area contributed by atoms with E-state index < -0.39 is 5.97 Å². The number of aromatic nitrogens is 2. The minimum absolute atomic E-state index is 0.0517. The van der Waals surface area contributed by atoms with Gasteiger partial charge < -0.3 is 13.9 Å². The van der Waals surface area contributed by atoms with Gasteiger partial charge in [-0.1, -0.05) is 6.07 Å². The van der Waals surface area contributed by atoms with Crippen LogP contribution >= 0.6 is 0 Å². The second kappa shape index (κ2) is 3.83. The summed E-state index contributed by atoms with van der Waals surface area (Å²) >= 11 is 0. The molecular weight excluding hydrogens is 212 g/mol. The van der Waals surface area contributed by atoms with Gasteiger partial charge in [-0.25, -0.2) is 9.78 Å². The zero-order valence-corrected chi connectivity index (χ0v) is 10.2. The van der Waals surface area contributed by atoms with Gasteiger partial charge in [0.15, 0.2) is 5.69 Å². The molecule has 2 heterocycles. The Hall–Kier alpha value is -1.66.